The topological polar surface area (TPSA) is 202 Å². The Bertz CT molecular complexity index is 1960. The van der Waals surface area contributed by atoms with Crippen molar-refractivity contribution in [2.24, 2.45) is 11.1 Å². The summed E-state index contributed by atoms with van der Waals surface area (Å²) in [5.41, 5.74) is 9.45. The van der Waals surface area contributed by atoms with Crippen LogP contribution in [0.25, 0.3) is 10.4 Å². The highest BCUT2D eigenvalue weighted by molar-refractivity contribution is 7.13. The minimum Gasteiger partial charge on any atom is -0.490 e. The van der Waals surface area contributed by atoms with Crippen LogP contribution in [0.1, 0.15) is 110 Å². The number of unbranched alkanes of at least 4 members (excludes halogenated alkanes) is 1. The van der Waals surface area contributed by atoms with Gasteiger partial charge in [-0.1, -0.05) is 68.8 Å². The van der Waals surface area contributed by atoms with Gasteiger partial charge < -0.3 is 41.2 Å². The summed E-state index contributed by atoms with van der Waals surface area (Å²) in [6, 6.07) is 10.5. The number of ether oxygens (including phenoxy) is 2. The van der Waals surface area contributed by atoms with E-state index in [9.17, 15) is 29.1 Å². The van der Waals surface area contributed by atoms with Crippen LogP contribution in [0.15, 0.2) is 48.0 Å². The predicted octanol–water partition coefficient (Wildman–Crippen LogP) is 6.39. The Kier molecular flexibility index (Phi) is 16.9. The molecule has 328 valence electrons. The number of hydrogen-bond acceptors (Lipinski definition) is 10. The first-order valence-corrected chi connectivity index (χ1v) is 21.7. The van der Waals surface area contributed by atoms with Gasteiger partial charge in [0, 0.05) is 25.8 Å². The minimum absolute atomic E-state index is 0.0194. The predicted molar refractivity (Wildman–Crippen MR) is 232 cm³/mol. The van der Waals surface area contributed by atoms with E-state index >= 15 is 0 Å². The third kappa shape index (κ3) is 14.2. The van der Waals surface area contributed by atoms with Gasteiger partial charge in [0.1, 0.15) is 30.0 Å². The molecule has 3 aromatic rings. The van der Waals surface area contributed by atoms with E-state index in [-0.39, 0.29) is 56.7 Å². The molecule has 5 atom stereocenters. The number of aromatic nitrogens is 1. The first-order chi connectivity index (χ1) is 28.1. The van der Waals surface area contributed by atoms with Crippen molar-refractivity contribution in [3.8, 4) is 16.2 Å². The number of carbonyl (C=O) groups is 5. The highest BCUT2D eigenvalue weighted by Gasteiger charge is 2.44. The number of amides is 5. The molecule has 6 N–H and O–H groups in total. The fraction of sp³-hybridized carbons (Fsp3) is 0.545. The van der Waals surface area contributed by atoms with Crippen LogP contribution < -0.4 is 26.4 Å². The lowest BCUT2D eigenvalue weighted by molar-refractivity contribution is -0.144. The molecule has 2 aromatic carbocycles. The van der Waals surface area contributed by atoms with Crippen LogP contribution in [-0.4, -0.2) is 87.7 Å². The maximum absolute atomic E-state index is 14.1. The average Bonchev–Trinajstić information content (AvgIpc) is 3.78. The quantitative estimate of drug-likeness (QED) is 0.0898. The van der Waals surface area contributed by atoms with E-state index in [2.05, 4.69) is 20.9 Å². The number of aliphatic hydroxyl groups is 1. The van der Waals surface area contributed by atoms with Gasteiger partial charge in [0.05, 0.1) is 39.3 Å². The number of benzene rings is 2. The van der Waals surface area contributed by atoms with Crippen LogP contribution in [-0.2, 0) is 30.3 Å². The number of primary amides is 1. The van der Waals surface area contributed by atoms with Crippen molar-refractivity contribution >= 4 is 52.7 Å². The summed E-state index contributed by atoms with van der Waals surface area (Å²) in [6.45, 7) is 14.6. The molecule has 1 aliphatic rings. The molecule has 0 spiro atoms. The van der Waals surface area contributed by atoms with Gasteiger partial charge in [0.2, 0.25) is 23.6 Å². The lowest BCUT2D eigenvalue weighted by Gasteiger charge is -2.35. The summed E-state index contributed by atoms with van der Waals surface area (Å²) in [5.74, 6) is -1.21. The lowest BCUT2D eigenvalue weighted by Crippen LogP contribution is -2.57. The van der Waals surface area contributed by atoms with E-state index in [0.717, 1.165) is 27.3 Å². The highest BCUT2D eigenvalue weighted by Crippen LogP contribution is 2.31. The van der Waals surface area contributed by atoms with Gasteiger partial charge in [-0.05, 0) is 88.5 Å². The summed E-state index contributed by atoms with van der Waals surface area (Å²) in [6.07, 6.45) is 0.658. The monoisotopic (exact) mass is 868 g/mol. The Morgan fingerprint density at radius 1 is 1.00 bits per heavy atom. The summed E-state index contributed by atoms with van der Waals surface area (Å²) >= 11 is 8.29. The second-order valence-electron chi connectivity index (χ2n) is 17.5. The van der Waals surface area contributed by atoms with Gasteiger partial charge in [-0.2, -0.15) is 0 Å². The SMILES string of the molecule is Cc1ncsc1-c1ccc(C(C)NC(=O)[C@@H]2C[C@H](O)CN2C(=O)C(NC(=O)CCCCc2cccc(OCC(CCC(N)=O)NC(=O)OC(C)(C)C)c2Cl)C(C)(C)C)cc1. The van der Waals surface area contributed by atoms with Crippen LogP contribution in [0, 0.1) is 12.3 Å². The summed E-state index contributed by atoms with van der Waals surface area (Å²) in [5, 5.41) is 19.7. The van der Waals surface area contributed by atoms with E-state index in [4.69, 9.17) is 26.8 Å². The molecular weight excluding hydrogens is 808 g/mol. The molecular formula is C44H61ClN6O8S. The van der Waals surface area contributed by atoms with Gasteiger partial charge in [0.15, 0.2) is 0 Å². The van der Waals surface area contributed by atoms with E-state index in [1.165, 1.54) is 4.90 Å². The molecule has 0 radical (unpaired) electrons. The Morgan fingerprint density at radius 3 is 2.32 bits per heavy atom. The maximum atomic E-state index is 14.1. The fourth-order valence-electron chi connectivity index (χ4n) is 6.89. The van der Waals surface area contributed by atoms with Gasteiger partial charge >= 0.3 is 6.09 Å². The molecule has 60 heavy (non-hydrogen) atoms. The number of rotatable bonds is 18. The number of alkyl carbamates (subject to hydrolysis) is 1. The number of aryl methyl sites for hydroxylation is 2. The number of β-amino-alcohol motifs (C(OH)–C–C–N with tert-alkyl or cyclic N) is 1. The summed E-state index contributed by atoms with van der Waals surface area (Å²) in [4.78, 5) is 71.7. The minimum atomic E-state index is -0.939. The van der Waals surface area contributed by atoms with Crippen molar-refractivity contribution in [2.45, 2.75) is 136 Å². The van der Waals surface area contributed by atoms with Crippen LogP contribution in [0.4, 0.5) is 4.79 Å². The Hall–Kier alpha value is -4.73. The molecule has 1 aromatic heterocycles. The van der Waals surface area contributed by atoms with Crippen molar-refractivity contribution < 1.29 is 38.6 Å². The molecule has 5 amide bonds. The number of likely N-dealkylation sites (tertiary alicyclic amines) is 1. The van der Waals surface area contributed by atoms with Gasteiger partial charge in [-0.25, -0.2) is 9.78 Å². The smallest absolute Gasteiger partial charge is 0.407 e. The third-order valence-electron chi connectivity index (χ3n) is 10.1. The average molecular weight is 870 g/mol. The number of halogens is 1. The van der Waals surface area contributed by atoms with Crippen molar-refractivity contribution in [3.63, 3.8) is 0 Å². The Balaban J connectivity index is 1.31. The fourth-order valence-corrected chi connectivity index (χ4v) is 7.98. The second-order valence-corrected chi connectivity index (χ2v) is 18.7. The molecule has 0 saturated carbocycles. The zero-order valence-corrected chi connectivity index (χ0v) is 37.5. The van der Waals surface area contributed by atoms with Crippen LogP contribution in [0.5, 0.6) is 5.75 Å². The first-order valence-electron chi connectivity index (χ1n) is 20.4. The van der Waals surface area contributed by atoms with E-state index in [1.807, 2.05) is 70.5 Å². The van der Waals surface area contributed by atoms with Crippen molar-refractivity contribution in [3.05, 3.63) is 69.8 Å². The number of aliphatic hydroxyl groups excluding tert-OH is 1. The molecule has 1 saturated heterocycles. The summed E-state index contributed by atoms with van der Waals surface area (Å²) in [7, 11) is 0. The third-order valence-corrected chi connectivity index (χ3v) is 11.5. The number of carbonyl (C=O) groups excluding carboxylic acids is 5. The standard InChI is InChI=1S/C44H61ClN6O8S/c1-26(28-16-18-30(19-17-28)38-27(2)47-25-60-38)48-40(55)33-22-32(52)23-51(33)41(56)39(43(3,4)5)50-36(54)15-10-9-12-29-13-11-14-34(37(29)45)58-24-31(20-21-35(46)53)49-42(57)59-44(6,7)8/h11,13-14,16-19,25-26,31-33,39,52H,9-10,12,15,20-24H2,1-8H3,(H2,46,53)(H,48,55)(H,49,57)(H,50,54)/t26?,31?,32-,33-,39?/m0/s1. The van der Waals surface area contributed by atoms with Gasteiger partial charge in [-0.15, -0.1) is 11.3 Å². The molecule has 14 nitrogen and oxygen atoms in total. The normalized spacial score (nSPS) is 17.0. The summed E-state index contributed by atoms with van der Waals surface area (Å²) < 4.78 is 11.3. The van der Waals surface area contributed by atoms with Crippen molar-refractivity contribution in [2.75, 3.05) is 13.2 Å². The highest BCUT2D eigenvalue weighted by atomic mass is 35.5. The molecule has 2 heterocycles. The number of nitrogens with one attached hydrogen (secondary N) is 3. The zero-order chi connectivity index (χ0) is 44.4. The number of hydrogen-bond donors (Lipinski definition) is 5. The number of thiazole rings is 1. The van der Waals surface area contributed by atoms with E-state index in [1.54, 1.807) is 44.2 Å². The maximum Gasteiger partial charge on any atom is 0.407 e. The molecule has 3 unspecified atom stereocenters. The Labute approximate surface area is 362 Å². The van der Waals surface area contributed by atoms with E-state index < -0.39 is 53.2 Å². The van der Waals surface area contributed by atoms with Gasteiger partial charge in [-0.3, -0.25) is 19.2 Å². The number of nitrogens with zero attached hydrogens (tertiary/aromatic N) is 2. The Morgan fingerprint density at radius 2 is 1.70 bits per heavy atom. The van der Waals surface area contributed by atoms with Crippen LogP contribution in [0.3, 0.4) is 0 Å². The van der Waals surface area contributed by atoms with Crippen LogP contribution in [0.2, 0.25) is 5.02 Å². The lowest BCUT2D eigenvalue weighted by atomic mass is 9.85. The second kappa shape index (κ2) is 21.2. The molecule has 4 rings (SSSR count). The van der Waals surface area contributed by atoms with Crippen molar-refractivity contribution in [1.29, 1.82) is 0 Å². The van der Waals surface area contributed by atoms with Crippen LogP contribution >= 0.6 is 22.9 Å². The molecule has 0 bridgehead atoms. The van der Waals surface area contributed by atoms with Crippen molar-refractivity contribution in [1.82, 2.24) is 25.8 Å². The largest absolute Gasteiger partial charge is 0.490 e. The molecule has 16 heteroatoms. The number of nitrogens with two attached hydrogens (primary N) is 1. The van der Waals surface area contributed by atoms with E-state index in [0.29, 0.717) is 30.0 Å². The molecule has 1 aliphatic heterocycles. The molecule has 0 aliphatic carbocycles. The molecule has 1 fully saturated rings. The first kappa shape index (κ1) is 47.9. The van der Waals surface area contributed by atoms with Gasteiger partial charge in [0.25, 0.3) is 0 Å². The zero-order valence-electron chi connectivity index (χ0n) is 35.9.